The van der Waals surface area contributed by atoms with E-state index in [9.17, 15) is 4.39 Å². The summed E-state index contributed by atoms with van der Waals surface area (Å²) in [4.78, 5) is 8.86. The first-order valence-corrected chi connectivity index (χ1v) is 7.65. The van der Waals surface area contributed by atoms with E-state index < -0.39 is 0 Å². The van der Waals surface area contributed by atoms with Crippen LogP contribution in [0.2, 0.25) is 0 Å². The van der Waals surface area contributed by atoms with Gasteiger partial charge in [0.2, 0.25) is 0 Å². The molecule has 0 bridgehead atoms. The van der Waals surface area contributed by atoms with Crippen molar-refractivity contribution in [2.75, 3.05) is 40.8 Å². The van der Waals surface area contributed by atoms with Crippen LogP contribution in [0.25, 0.3) is 0 Å². The maximum Gasteiger partial charge on any atom is 0.141 e. The molecule has 5 heteroatoms. The average Bonchev–Trinajstić information content (AvgIpc) is 2.44. The molecule has 1 aromatic heterocycles. The third-order valence-corrected chi connectivity index (χ3v) is 3.82. The highest BCUT2D eigenvalue weighted by atomic mass is 19.1. The Bertz CT molecular complexity index is 394. The Morgan fingerprint density at radius 2 is 2.05 bits per heavy atom. The minimum atomic E-state index is -0.289. The van der Waals surface area contributed by atoms with Crippen molar-refractivity contribution >= 4 is 0 Å². The fourth-order valence-corrected chi connectivity index (χ4v) is 2.66. The second-order valence-electron chi connectivity index (χ2n) is 5.77. The molecule has 0 fully saturated rings. The van der Waals surface area contributed by atoms with Crippen molar-refractivity contribution in [1.29, 1.82) is 0 Å². The Hall–Kier alpha value is -1.04. The van der Waals surface area contributed by atoms with Crippen LogP contribution in [0.3, 0.4) is 0 Å². The largest absolute Gasteiger partial charge is 0.312 e. The predicted molar refractivity (Wildman–Crippen MR) is 85.9 cm³/mol. The Kier molecular flexibility index (Phi) is 7.78. The Labute approximate surface area is 128 Å². The van der Waals surface area contributed by atoms with Crippen molar-refractivity contribution in [3.63, 3.8) is 0 Å². The van der Waals surface area contributed by atoms with Gasteiger partial charge in [0, 0.05) is 19.1 Å². The molecule has 2 atom stereocenters. The van der Waals surface area contributed by atoms with Crippen molar-refractivity contribution in [3.8, 4) is 0 Å². The van der Waals surface area contributed by atoms with Crippen LogP contribution in [-0.2, 0) is 0 Å². The maximum absolute atomic E-state index is 13.0. The van der Waals surface area contributed by atoms with E-state index in [1.54, 1.807) is 6.07 Å². The molecule has 1 heterocycles. The molecular formula is C16H29FN4. The van der Waals surface area contributed by atoms with Gasteiger partial charge in [0.05, 0.1) is 17.9 Å². The summed E-state index contributed by atoms with van der Waals surface area (Å²) in [6, 6.07) is 3.91. The van der Waals surface area contributed by atoms with Gasteiger partial charge in [0.25, 0.3) is 0 Å². The zero-order valence-electron chi connectivity index (χ0n) is 13.9. The Morgan fingerprint density at radius 1 is 1.33 bits per heavy atom. The van der Waals surface area contributed by atoms with Gasteiger partial charge < -0.3 is 10.2 Å². The van der Waals surface area contributed by atoms with E-state index in [1.807, 2.05) is 7.05 Å². The number of nitrogens with zero attached hydrogens (tertiary/aromatic N) is 3. The lowest BCUT2D eigenvalue weighted by Gasteiger charge is -2.31. The highest BCUT2D eigenvalue weighted by Gasteiger charge is 2.16. The van der Waals surface area contributed by atoms with Crippen molar-refractivity contribution < 1.29 is 4.39 Å². The number of hydrogen-bond acceptors (Lipinski definition) is 4. The predicted octanol–water partition coefficient (Wildman–Crippen LogP) is 2.14. The summed E-state index contributed by atoms with van der Waals surface area (Å²) in [6.07, 6.45) is 2.24. The monoisotopic (exact) mass is 296 g/mol. The number of rotatable bonds is 9. The molecule has 0 aliphatic heterocycles. The van der Waals surface area contributed by atoms with Crippen LogP contribution in [0.15, 0.2) is 18.3 Å². The molecule has 1 N–H and O–H groups in total. The molecule has 0 spiro atoms. The molecule has 0 saturated carbocycles. The van der Waals surface area contributed by atoms with Crippen molar-refractivity contribution in [3.05, 3.63) is 29.8 Å². The van der Waals surface area contributed by atoms with Gasteiger partial charge in [0.1, 0.15) is 5.82 Å². The zero-order chi connectivity index (χ0) is 15.8. The standard InChI is InChI=1S/C16H29FN4/c1-6-21(13(2)12-20(4)5)10-9-15(18-3)16-8-7-14(17)11-19-16/h7-8,11,13,15,18H,6,9-10,12H2,1-5H3. The van der Waals surface area contributed by atoms with Gasteiger partial charge in [0.15, 0.2) is 0 Å². The van der Waals surface area contributed by atoms with E-state index in [0.717, 1.165) is 31.7 Å². The van der Waals surface area contributed by atoms with Gasteiger partial charge in [-0.3, -0.25) is 9.88 Å². The normalized spacial score (nSPS) is 14.7. The van der Waals surface area contributed by atoms with Crippen LogP contribution < -0.4 is 5.32 Å². The molecular weight excluding hydrogens is 267 g/mol. The fraction of sp³-hybridized carbons (Fsp3) is 0.688. The van der Waals surface area contributed by atoms with Gasteiger partial charge in [-0.1, -0.05) is 6.92 Å². The lowest BCUT2D eigenvalue weighted by Crippen LogP contribution is -2.41. The smallest absolute Gasteiger partial charge is 0.141 e. The van der Waals surface area contributed by atoms with Crippen LogP contribution in [0.1, 0.15) is 32.0 Å². The number of pyridine rings is 1. The van der Waals surface area contributed by atoms with Gasteiger partial charge in [-0.2, -0.15) is 0 Å². The third kappa shape index (κ3) is 6.08. The van der Waals surface area contributed by atoms with Gasteiger partial charge in [-0.05, 0) is 53.2 Å². The van der Waals surface area contributed by atoms with Crippen molar-refractivity contribution in [1.82, 2.24) is 20.1 Å². The summed E-state index contributed by atoms with van der Waals surface area (Å²) in [5, 5.41) is 3.27. The first-order chi connectivity index (χ1) is 9.97. The fourth-order valence-electron chi connectivity index (χ4n) is 2.66. The van der Waals surface area contributed by atoms with Crippen LogP contribution in [0.5, 0.6) is 0 Å². The second kappa shape index (κ2) is 9.07. The number of hydrogen-bond donors (Lipinski definition) is 1. The van der Waals surface area contributed by atoms with E-state index in [4.69, 9.17) is 0 Å². The molecule has 4 nitrogen and oxygen atoms in total. The summed E-state index contributed by atoms with van der Waals surface area (Å²) < 4.78 is 13.0. The molecule has 1 aromatic rings. The second-order valence-corrected chi connectivity index (χ2v) is 5.77. The first-order valence-electron chi connectivity index (χ1n) is 7.65. The minimum Gasteiger partial charge on any atom is -0.312 e. The molecule has 120 valence electrons. The van der Waals surface area contributed by atoms with E-state index >= 15 is 0 Å². The summed E-state index contributed by atoms with van der Waals surface area (Å²) in [5.41, 5.74) is 0.898. The Balaban J connectivity index is 2.58. The molecule has 0 aliphatic rings. The molecule has 2 unspecified atom stereocenters. The summed E-state index contributed by atoms with van der Waals surface area (Å²) in [5.74, 6) is -0.289. The lowest BCUT2D eigenvalue weighted by atomic mass is 10.1. The maximum atomic E-state index is 13.0. The van der Waals surface area contributed by atoms with Crippen LogP contribution in [0, 0.1) is 5.82 Å². The van der Waals surface area contributed by atoms with Crippen molar-refractivity contribution in [2.45, 2.75) is 32.4 Å². The first kappa shape index (κ1) is 18.0. The molecule has 0 aromatic carbocycles. The van der Waals surface area contributed by atoms with Crippen molar-refractivity contribution in [2.24, 2.45) is 0 Å². The van der Waals surface area contributed by atoms with Crippen LogP contribution >= 0.6 is 0 Å². The molecule has 0 amide bonds. The SMILES string of the molecule is CCN(CCC(NC)c1ccc(F)cn1)C(C)CN(C)C. The lowest BCUT2D eigenvalue weighted by molar-refractivity contribution is 0.174. The highest BCUT2D eigenvalue weighted by molar-refractivity contribution is 5.09. The van der Waals surface area contributed by atoms with Crippen LogP contribution in [-0.4, -0.2) is 61.6 Å². The van der Waals surface area contributed by atoms with Gasteiger partial charge >= 0.3 is 0 Å². The molecule has 0 radical (unpaired) electrons. The minimum absolute atomic E-state index is 0.159. The summed E-state index contributed by atoms with van der Waals surface area (Å²) >= 11 is 0. The third-order valence-electron chi connectivity index (χ3n) is 3.82. The number of likely N-dealkylation sites (N-methyl/N-ethyl adjacent to an activating group) is 2. The molecule has 1 rings (SSSR count). The van der Waals surface area contributed by atoms with E-state index in [0.29, 0.717) is 6.04 Å². The van der Waals surface area contributed by atoms with Crippen LogP contribution in [0.4, 0.5) is 4.39 Å². The summed E-state index contributed by atoms with van der Waals surface area (Å²) in [7, 11) is 6.13. The quantitative estimate of drug-likeness (QED) is 0.756. The Morgan fingerprint density at radius 3 is 2.52 bits per heavy atom. The molecule has 21 heavy (non-hydrogen) atoms. The van der Waals surface area contributed by atoms with Gasteiger partial charge in [-0.25, -0.2) is 4.39 Å². The molecule has 0 saturated heterocycles. The van der Waals surface area contributed by atoms with Gasteiger partial charge in [-0.15, -0.1) is 0 Å². The zero-order valence-corrected chi connectivity index (χ0v) is 13.9. The topological polar surface area (TPSA) is 31.4 Å². The highest BCUT2D eigenvalue weighted by Crippen LogP contribution is 2.15. The number of halogens is 1. The number of aromatic nitrogens is 1. The number of nitrogens with one attached hydrogen (secondary N) is 1. The van der Waals surface area contributed by atoms with E-state index in [-0.39, 0.29) is 11.9 Å². The average molecular weight is 296 g/mol. The van der Waals surface area contributed by atoms with E-state index in [2.05, 4.69) is 48.0 Å². The van der Waals surface area contributed by atoms with E-state index in [1.165, 1.54) is 12.3 Å². The summed E-state index contributed by atoms with van der Waals surface area (Å²) in [6.45, 7) is 7.52. The molecule has 0 aliphatic carbocycles.